The number of hydrogen-bond donors (Lipinski definition) is 1. The van der Waals surface area contributed by atoms with Crippen molar-refractivity contribution in [3.8, 4) is 0 Å². The second kappa shape index (κ2) is 4.78. The van der Waals surface area contributed by atoms with Crippen LogP contribution in [0.3, 0.4) is 0 Å². The maximum absolute atomic E-state index is 12.0. The molecule has 1 aliphatic heterocycles. The van der Waals surface area contributed by atoms with E-state index in [1.807, 2.05) is 18.7 Å². The zero-order valence-electron chi connectivity index (χ0n) is 9.49. The molecule has 0 unspecified atom stereocenters. The van der Waals surface area contributed by atoms with Crippen molar-refractivity contribution in [3.63, 3.8) is 0 Å². The number of nitrogens with zero attached hydrogens (tertiary/aromatic N) is 1. The minimum absolute atomic E-state index is 0.132. The number of likely N-dealkylation sites (tertiary alicyclic amines) is 1. The van der Waals surface area contributed by atoms with Crippen molar-refractivity contribution in [1.29, 1.82) is 0 Å². The van der Waals surface area contributed by atoms with Crippen molar-refractivity contribution >= 4 is 5.91 Å². The number of rotatable bonds is 2. The first-order valence-electron chi connectivity index (χ1n) is 5.60. The summed E-state index contributed by atoms with van der Waals surface area (Å²) in [5.41, 5.74) is 5.86. The molecule has 0 saturated carbocycles. The summed E-state index contributed by atoms with van der Waals surface area (Å²) in [6.07, 6.45) is 3.49. The van der Waals surface area contributed by atoms with E-state index in [1.165, 1.54) is 6.42 Å². The molecule has 1 amide bonds. The van der Waals surface area contributed by atoms with Gasteiger partial charge in [0.25, 0.3) is 0 Å². The van der Waals surface area contributed by atoms with Crippen molar-refractivity contribution in [1.82, 2.24) is 4.90 Å². The molecule has 1 fully saturated rings. The Morgan fingerprint density at radius 3 is 2.57 bits per heavy atom. The standard InChI is InChI=1S/C11H22N2O/c1-8(2)10(12)11(14)13-7-5-4-6-9(13)3/h8-10H,4-7,12H2,1-3H3/t9-,10+/m0/s1. The Morgan fingerprint density at radius 2 is 2.07 bits per heavy atom. The number of carbonyl (C=O) groups is 1. The van der Waals surface area contributed by atoms with Gasteiger partial charge in [0.15, 0.2) is 0 Å². The van der Waals surface area contributed by atoms with Crippen LogP contribution in [0.2, 0.25) is 0 Å². The molecule has 14 heavy (non-hydrogen) atoms. The average Bonchev–Trinajstić information content (AvgIpc) is 2.16. The minimum atomic E-state index is -0.324. The fourth-order valence-electron chi connectivity index (χ4n) is 1.90. The Labute approximate surface area is 86.6 Å². The normalized spacial score (nSPS) is 25.2. The molecule has 2 N–H and O–H groups in total. The molecule has 3 heteroatoms. The summed E-state index contributed by atoms with van der Waals surface area (Å²) in [6.45, 7) is 7.00. The molecule has 0 bridgehead atoms. The van der Waals surface area contributed by atoms with E-state index in [2.05, 4.69) is 6.92 Å². The minimum Gasteiger partial charge on any atom is -0.339 e. The number of nitrogens with two attached hydrogens (primary N) is 1. The highest BCUT2D eigenvalue weighted by molar-refractivity contribution is 5.82. The summed E-state index contributed by atoms with van der Waals surface area (Å²) in [4.78, 5) is 13.9. The zero-order chi connectivity index (χ0) is 10.7. The van der Waals surface area contributed by atoms with E-state index in [1.54, 1.807) is 0 Å². The van der Waals surface area contributed by atoms with Crippen molar-refractivity contribution in [3.05, 3.63) is 0 Å². The highest BCUT2D eigenvalue weighted by atomic mass is 16.2. The van der Waals surface area contributed by atoms with Gasteiger partial charge in [-0.3, -0.25) is 4.79 Å². The molecule has 0 aromatic heterocycles. The lowest BCUT2D eigenvalue weighted by Crippen LogP contribution is -2.51. The third-order valence-electron chi connectivity index (χ3n) is 3.09. The van der Waals surface area contributed by atoms with Crippen LogP contribution in [-0.2, 0) is 4.79 Å². The van der Waals surface area contributed by atoms with E-state index in [0.29, 0.717) is 6.04 Å². The van der Waals surface area contributed by atoms with Crippen LogP contribution in [0.25, 0.3) is 0 Å². The van der Waals surface area contributed by atoms with Crippen LogP contribution < -0.4 is 5.73 Å². The lowest BCUT2D eigenvalue weighted by atomic mass is 9.99. The molecule has 0 aromatic rings. The Kier molecular flexibility index (Phi) is 3.93. The molecule has 1 saturated heterocycles. The maximum Gasteiger partial charge on any atom is 0.239 e. The molecule has 82 valence electrons. The highest BCUT2D eigenvalue weighted by Crippen LogP contribution is 2.18. The predicted octanol–water partition coefficient (Wildman–Crippen LogP) is 1.37. The number of piperidine rings is 1. The number of carbonyl (C=O) groups excluding carboxylic acids is 1. The summed E-state index contributed by atoms with van der Waals surface area (Å²) in [5, 5.41) is 0. The summed E-state index contributed by atoms with van der Waals surface area (Å²) < 4.78 is 0. The Morgan fingerprint density at radius 1 is 1.43 bits per heavy atom. The van der Waals surface area contributed by atoms with Gasteiger partial charge in [0.05, 0.1) is 6.04 Å². The van der Waals surface area contributed by atoms with Crippen molar-refractivity contribution in [2.45, 2.75) is 52.1 Å². The Balaban J connectivity index is 2.58. The van der Waals surface area contributed by atoms with E-state index in [0.717, 1.165) is 19.4 Å². The molecule has 1 heterocycles. The van der Waals surface area contributed by atoms with Crippen LogP contribution in [0.4, 0.5) is 0 Å². The van der Waals surface area contributed by atoms with Gasteiger partial charge in [-0.2, -0.15) is 0 Å². The second-order valence-corrected chi connectivity index (χ2v) is 4.65. The number of amides is 1. The van der Waals surface area contributed by atoms with E-state index in [-0.39, 0.29) is 17.9 Å². The third kappa shape index (κ3) is 2.47. The largest absolute Gasteiger partial charge is 0.339 e. The van der Waals surface area contributed by atoms with Gasteiger partial charge in [0, 0.05) is 12.6 Å². The summed E-state index contributed by atoms with van der Waals surface area (Å²) in [5.74, 6) is 0.365. The van der Waals surface area contributed by atoms with Gasteiger partial charge in [-0.1, -0.05) is 13.8 Å². The summed E-state index contributed by atoms with van der Waals surface area (Å²) in [6, 6.07) is 0.0524. The van der Waals surface area contributed by atoms with E-state index in [4.69, 9.17) is 5.73 Å². The SMILES string of the molecule is CC(C)[C@@H](N)C(=O)N1CCCC[C@@H]1C. The zero-order valence-corrected chi connectivity index (χ0v) is 9.49. The maximum atomic E-state index is 12.0. The van der Waals surface area contributed by atoms with Crippen LogP contribution in [-0.4, -0.2) is 29.4 Å². The topological polar surface area (TPSA) is 46.3 Å². The molecule has 2 atom stereocenters. The summed E-state index contributed by atoms with van der Waals surface area (Å²) in [7, 11) is 0. The van der Waals surface area contributed by atoms with Crippen LogP contribution >= 0.6 is 0 Å². The molecular weight excluding hydrogens is 176 g/mol. The average molecular weight is 198 g/mol. The lowest BCUT2D eigenvalue weighted by molar-refractivity contribution is -0.136. The summed E-state index contributed by atoms with van der Waals surface area (Å²) >= 11 is 0. The van der Waals surface area contributed by atoms with Crippen molar-refractivity contribution < 1.29 is 4.79 Å². The molecule has 3 nitrogen and oxygen atoms in total. The molecule has 0 aromatic carbocycles. The molecule has 0 radical (unpaired) electrons. The number of hydrogen-bond acceptors (Lipinski definition) is 2. The fraction of sp³-hybridized carbons (Fsp3) is 0.909. The molecule has 0 spiro atoms. The van der Waals surface area contributed by atoms with E-state index >= 15 is 0 Å². The van der Waals surface area contributed by atoms with Crippen LogP contribution in [0.5, 0.6) is 0 Å². The van der Waals surface area contributed by atoms with Gasteiger partial charge in [0.1, 0.15) is 0 Å². The first-order valence-corrected chi connectivity index (χ1v) is 5.60. The fourth-order valence-corrected chi connectivity index (χ4v) is 1.90. The van der Waals surface area contributed by atoms with Crippen LogP contribution in [0.1, 0.15) is 40.0 Å². The predicted molar refractivity (Wildman–Crippen MR) is 57.8 cm³/mol. The first kappa shape index (κ1) is 11.5. The monoisotopic (exact) mass is 198 g/mol. The first-order chi connectivity index (χ1) is 6.54. The molecular formula is C11H22N2O. The molecule has 1 rings (SSSR count). The van der Waals surface area contributed by atoms with Gasteiger partial charge in [-0.25, -0.2) is 0 Å². The van der Waals surface area contributed by atoms with Gasteiger partial charge in [0.2, 0.25) is 5.91 Å². The smallest absolute Gasteiger partial charge is 0.239 e. The van der Waals surface area contributed by atoms with Crippen LogP contribution in [0.15, 0.2) is 0 Å². The quantitative estimate of drug-likeness (QED) is 0.728. The van der Waals surface area contributed by atoms with Gasteiger partial charge in [-0.05, 0) is 32.1 Å². The lowest BCUT2D eigenvalue weighted by Gasteiger charge is -2.35. The van der Waals surface area contributed by atoms with Gasteiger partial charge in [-0.15, -0.1) is 0 Å². The van der Waals surface area contributed by atoms with Gasteiger partial charge >= 0.3 is 0 Å². The molecule has 1 aliphatic rings. The molecule has 0 aliphatic carbocycles. The van der Waals surface area contributed by atoms with Gasteiger partial charge < -0.3 is 10.6 Å². The van der Waals surface area contributed by atoms with E-state index < -0.39 is 0 Å². The van der Waals surface area contributed by atoms with Crippen molar-refractivity contribution in [2.24, 2.45) is 11.7 Å². The second-order valence-electron chi connectivity index (χ2n) is 4.65. The Bertz CT molecular complexity index is 203. The highest BCUT2D eigenvalue weighted by Gasteiger charge is 2.28. The van der Waals surface area contributed by atoms with Crippen molar-refractivity contribution in [2.75, 3.05) is 6.54 Å². The van der Waals surface area contributed by atoms with E-state index in [9.17, 15) is 4.79 Å². The Hall–Kier alpha value is -0.570. The third-order valence-corrected chi connectivity index (χ3v) is 3.09. The van der Waals surface area contributed by atoms with Crippen LogP contribution in [0, 0.1) is 5.92 Å².